The first-order valence-electron chi connectivity index (χ1n) is 7.66. The molecule has 0 saturated carbocycles. The van der Waals surface area contributed by atoms with Gasteiger partial charge >= 0.3 is 5.97 Å². The van der Waals surface area contributed by atoms with Crippen molar-refractivity contribution in [2.45, 2.75) is 12.2 Å². The lowest BCUT2D eigenvalue weighted by atomic mass is 10.1. The highest BCUT2D eigenvalue weighted by Gasteiger charge is 2.10. The van der Waals surface area contributed by atoms with Gasteiger partial charge in [-0.1, -0.05) is 23.7 Å². The Hall–Kier alpha value is -2.05. The van der Waals surface area contributed by atoms with Crippen LogP contribution in [0.5, 0.6) is 5.75 Å². The van der Waals surface area contributed by atoms with Crippen molar-refractivity contribution in [1.82, 2.24) is 0 Å². The van der Waals surface area contributed by atoms with Gasteiger partial charge in [0.15, 0.2) is 9.84 Å². The van der Waals surface area contributed by atoms with Gasteiger partial charge in [-0.2, -0.15) is 0 Å². The van der Waals surface area contributed by atoms with E-state index in [9.17, 15) is 13.2 Å². The molecule has 0 aromatic heterocycles. The van der Waals surface area contributed by atoms with Crippen LogP contribution in [0.4, 0.5) is 0 Å². The van der Waals surface area contributed by atoms with Gasteiger partial charge in [-0.15, -0.1) is 0 Å². The number of carbonyl (C=O) groups is 1. The van der Waals surface area contributed by atoms with Gasteiger partial charge in [0.25, 0.3) is 0 Å². The molecule has 0 aliphatic carbocycles. The molecule has 2 aromatic carbocycles. The van der Waals surface area contributed by atoms with Gasteiger partial charge in [0.1, 0.15) is 5.75 Å². The Balaban J connectivity index is 1.76. The Morgan fingerprint density at radius 2 is 1.80 bits per heavy atom. The quantitative estimate of drug-likeness (QED) is 0.516. The van der Waals surface area contributed by atoms with Gasteiger partial charge in [-0.25, -0.2) is 13.2 Å². The summed E-state index contributed by atoms with van der Waals surface area (Å²) in [6, 6.07) is 13.4. The molecule has 0 saturated heterocycles. The van der Waals surface area contributed by atoms with Crippen LogP contribution in [0.25, 0.3) is 0 Å². The molecule has 0 aliphatic heterocycles. The van der Waals surface area contributed by atoms with Crippen LogP contribution in [0.15, 0.2) is 48.5 Å². The van der Waals surface area contributed by atoms with E-state index >= 15 is 0 Å². The summed E-state index contributed by atoms with van der Waals surface area (Å²) in [5, 5.41) is 0.638. The average Bonchev–Trinajstić information content (AvgIpc) is 2.55. The summed E-state index contributed by atoms with van der Waals surface area (Å²) < 4.78 is 33.3. The fourth-order valence-corrected chi connectivity index (χ4v) is 3.03. The summed E-state index contributed by atoms with van der Waals surface area (Å²) >= 11 is 5.79. The minimum atomic E-state index is -3.15. The number of rotatable bonds is 8. The SMILES string of the molecule is CS(=O)(=O)Cc1cccc(C(=O)OCCCOc2ccc(Cl)cc2)c1. The third-order valence-electron chi connectivity index (χ3n) is 3.20. The van der Waals surface area contributed by atoms with Crippen molar-refractivity contribution in [2.24, 2.45) is 0 Å². The molecule has 0 amide bonds. The molecule has 0 aliphatic rings. The number of hydrogen-bond acceptors (Lipinski definition) is 5. The molecule has 0 heterocycles. The summed E-state index contributed by atoms with van der Waals surface area (Å²) in [5.41, 5.74) is 0.891. The van der Waals surface area contributed by atoms with Crippen molar-refractivity contribution >= 4 is 27.4 Å². The average molecular weight is 383 g/mol. The Bertz CT molecular complexity index is 816. The van der Waals surface area contributed by atoms with Gasteiger partial charge in [-0.05, 0) is 42.0 Å². The molecule has 0 atom stereocenters. The van der Waals surface area contributed by atoms with E-state index in [2.05, 4.69) is 0 Å². The molecule has 0 bridgehead atoms. The maximum absolute atomic E-state index is 12.0. The highest BCUT2D eigenvalue weighted by Crippen LogP contribution is 2.15. The van der Waals surface area contributed by atoms with E-state index in [0.29, 0.717) is 34.9 Å². The second-order valence-corrected chi connectivity index (χ2v) is 8.14. The lowest BCUT2D eigenvalue weighted by Gasteiger charge is -2.08. The van der Waals surface area contributed by atoms with Crippen molar-refractivity contribution in [3.63, 3.8) is 0 Å². The van der Waals surface area contributed by atoms with E-state index in [-0.39, 0.29) is 12.4 Å². The molecule has 134 valence electrons. The number of benzene rings is 2. The van der Waals surface area contributed by atoms with Gasteiger partial charge in [0.05, 0.1) is 24.5 Å². The minimum Gasteiger partial charge on any atom is -0.493 e. The Morgan fingerprint density at radius 3 is 2.48 bits per heavy atom. The standard InChI is InChI=1S/C18H19ClO5S/c1-25(21,22)13-14-4-2-5-15(12-14)18(20)24-11-3-10-23-17-8-6-16(19)7-9-17/h2,4-9,12H,3,10-11,13H2,1H3. The number of esters is 1. The first kappa shape index (κ1) is 19.3. The zero-order chi connectivity index (χ0) is 18.3. The molecule has 2 rings (SSSR count). The lowest BCUT2D eigenvalue weighted by molar-refractivity contribution is 0.0486. The van der Waals surface area contributed by atoms with Crippen LogP contribution in [-0.4, -0.2) is 33.9 Å². The molecule has 0 fully saturated rings. The summed E-state index contributed by atoms with van der Waals surface area (Å²) in [7, 11) is -3.15. The Kier molecular flexibility index (Phi) is 6.84. The minimum absolute atomic E-state index is 0.108. The number of carbonyl (C=O) groups excluding carboxylic acids is 1. The Labute approximate surface area is 152 Å². The van der Waals surface area contributed by atoms with Crippen molar-refractivity contribution in [3.8, 4) is 5.75 Å². The van der Waals surface area contributed by atoms with Crippen LogP contribution in [0.2, 0.25) is 5.02 Å². The second kappa shape index (κ2) is 8.87. The smallest absolute Gasteiger partial charge is 0.338 e. The summed E-state index contributed by atoms with van der Waals surface area (Å²) in [6.45, 7) is 0.617. The first-order chi connectivity index (χ1) is 11.8. The number of hydrogen-bond donors (Lipinski definition) is 0. The Morgan fingerprint density at radius 1 is 1.08 bits per heavy atom. The topological polar surface area (TPSA) is 69.7 Å². The zero-order valence-corrected chi connectivity index (χ0v) is 15.3. The van der Waals surface area contributed by atoms with Gasteiger partial charge in [-0.3, -0.25) is 0 Å². The van der Waals surface area contributed by atoms with E-state index in [1.54, 1.807) is 42.5 Å². The predicted octanol–water partition coefficient (Wildman–Crippen LogP) is 3.51. The second-order valence-electron chi connectivity index (χ2n) is 5.56. The van der Waals surface area contributed by atoms with Gasteiger partial charge in [0, 0.05) is 17.7 Å². The van der Waals surface area contributed by atoms with E-state index < -0.39 is 15.8 Å². The van der Waals surface area contributed by atoms with Crippen LogP contribution in [0.1, 0.15) is 22.3 Å². The molecular formula is C18H19ClO5S. The van der Waals surface area contributed by atoms with Crippen molar-refractivity contribution in [2.75, 3.05) is 19.5 Å². The summed E-state index contributed by atoms with van der Waals surface area (Å²) in [4.78, 5) is 12.0. The van der Waals surface area contributed by atoms with E-state index in [0.717, 1.165) is 6.26 Å². The van der Waals surface area contributed by atoms with Crippen LogP contribution < -0.4 is 4.74 Å². The van der Waals surface area contributed by atoms with E-state index in [4.69, 9.17) is 21.1 Å². The third kappa shape index (κ3) is 7.15. The molecule has 0 N–H and O–H groups in total. The fourth-order valence-electron chi connectivity index (χ4n) is 2.12. The van der Waals surface area contributed by atoms with Gasteiger partial charge < -0.3 is 9.47 Å². The maximum Gasteiger partial charge on any atom is 0.338 e. The molecule has 0 unspecified atom stereocenters. The summed E-state index contributed by atoms with van der Waals surface area (Å²) in [6.07, 6.45) is 1.69. The lowest BCUT2D eigenvalue weighted by Crippen LogP contribution is -2.10. The zero-order valence-electron chi connectivity index (χ0n) is 13.8. The van der Waals surface area contributed by atoms with Crippen LogP contribution in [0, 0.1) is 0 Å². The molecule has 0 spiro atoms. The number of sulfone groups is 1. The number of ether oxygens (including phenoxy) is 2. The highest BCUT2D eigenvalue weighted by molar-refractivity contribution is 7.89. The third-order valence-corrected chi connectivity index (χ3v) is 4.31. The van der Waals surface area contributed by atoms with Gasteiger partial charge in [0.2, 0.25) is 0 Å². The molecule has 0 radical (unpaired) electrons. The van der Waals surface area contributed by atoms with Crippen LogP contribution in [0.3, 0.4) is 0 Å². The van der Waals surface area contributed by atoms with Crippen molar-refractivity contribution in [1.29, 1.82) is 0 Å². The first-order valence-corrected chi connectivity index (χ1v) is 10.1. The molecule has 25 heavy (non-hydrogen) atoms. The van der Waals surface area contributed by atoms with Crippen molar-refractivity contribution in [3.05, 3.63) is 64.7 Å². The monoisotopic (exact) mass is 382 g/mol. The van der Waals surface area contributed by atoms with Crippen molar-refractivity contribution < 1.29 is 22.7 Å². The van der Waals surface area contributed by atoms with E-state index in [1.807, 2.05) is 0 Å². The maximum atomic E-state index is 12.0. The van der Waals surface area contributed by atoms with Crippen LogP contribution in [-0.2, 0) is 20.3 Å². The fraction of sp³-hybridized carbons (Fsp3) is 0.278. The predicted molar refractivity (Wildman–Crippen MR) is 96.8 cm³/mol. The summed E-state index contributed by atoms with van der Waals surface area (Å²) in [5.74, 6) is 0.106. The molecular weight excluding hydrogens is 364 g/mol. The largest absolute Gasteiger partial charge is 0.493 e. The molecule has 2 aromatic rings. The number of halogens is 1. The normalized spacial score (nSPS) is 11.1. The molecule has 7 heteroatoms. The highest BCUT2D eigenvalue weighted by atomic mass is 35.5. The molecule has 5 nitrogen and oxygen atoms in total. The van der Waals surface area contributed by atoms with E-state index in [1.165, 1.54) is 6.07 Å². The van der Waals surface area contributed by atoms with Crippen LogP contribution >= 0.6 is 11.6 Å².